The Hall–Kier alpha value is -3.65. The van der Waals surface area contributed by atoms with Crippen LogP contribution in [0.5, 0.6) is 0 Å². The number of rotatable bonds is 5. The Kier molecular flexibility index (Phi) is 5.58. The van der Waals surface area contributed by atoms with Crippen molar-refractivity contribution >= 4 is 11.8 Å². The maximum Gasteiger partial charge on any atom is 0.411 e. The molecule has 0 spiro atoms. The third kappa shape index (κ3) is 4.92. The summed E-state index contributed by atoms with van der Waals surface area (Å²) in [6.07, 6.45) is 3.84. The number of pyridine rings is 1. The zero-order valence-corrected chi connectivity index (χ0v) is 14.1. The molecule has 5 heteroatoms. The van der Waals surface area contributed by atoms with E-state index in [1.54, 1.807) is 36.7 Å². The summed E-state index contributed by atoms with van der Waals surface area (Å²) in [4.78, 5) is 15.9. The van der Waals surface area contributed by atoms with E-state index in [9.17, 15) is 4.79 Å². The van der Waals surface area contributed by atoms with E-state index < -0.39 is 6.09 Å². The zero-order valence-electron chi connectivity index (χ0n) is 14.1. The number of carbonyl (C=O) groups is 1. The number of hydrogen-bond acceptors (Lipinski definition) is 4. The number of nitrogens with zero attached hydrogens (tertiary/aromatic N) is 2. The zero-order chi connectivity index (χ0) is 18.2. The highest BCUT2D eigenvalue weighted by Crippen LogP contribution is 2.14. The summed E-state index contributed by atoms with van der Waals surface area (Å²) in [6, 6.07) is 20.5. The number of aromatic nitrogens is 1. The second-order valence-electron chi connectivity index (χ2n) is 5.74. The van der Waals surface area contributed by atoms with Gasteiger partial charge in [0.1, 0.15) is 6.61 Å². The van der Waals surface area contributed by atoms with E-state index in [4.69, 9.17) is 10.00 Å². The number of nitrogens with one attached hydrogen (secondary N) is 1. The van der Waals surface area contributed by atoms with Crippen molar-refractivity contribution in [3.8, 4) is 6.07 Å². The van der Waals surface area contributed by atoms with Gasteiger partial charge < -0.3 is 4.74 Å². The molecule has 1 heterocycles. The summed E-state index contributed by atoms with van der Waals surface area (Å²) in [5.41, 5.74) is 4.40. The van der Waals surface area contributed by atoms with E-state index in [1.165, 1.54) is 5.56 Å². The molecule has 1 amide bonds. The van der Waals surface area contributed by atoms with E-state index in [0.717, 1.165) is 17.5 Å². The summed E-state index contributed by atoms with van der Waals surface area (Å²) in [5, 5.41) is 11.5. The second kappa shape index (κ2) is 8.45. The summed E-state index contributed by atoms with van der Waals surface area (Å²) in [5.74, 6) is 0. The molecule has 26 heavy (non-hydrogen) atoms. The Morgan fingerprint density at radius 3 is 2.19 bits per heavy atom. The van der Waals surface area contributed by atoms with Crippen LogP contribution in [0.1, 0.15) is 22.3 Å². The van der Waals surface area contributed by atoms with Gasteiger partial charge in [-0.05, 0) is 59.5 Å². The van der Waals surface area contributed by atoms with Gasteiger partial charge in [-0.25, -0.2) is 4.79 Å². The van der Waals surface area contributed by atoms with Crippen LogP contribution in [0.2, 0.25) is 0 Å². The topological polar surface area (TPSA) is 75.0 Å². The van der Waals surface area contributed by atoms with Gasteiger partial charge in [-0.1, -0.05) is 24.3 Å². The van der Waals surface area contributed by atoms with E-state index >= 15 is 0 Å². The summed E-state index contributed by atoms with van der Waals surface area (Å²) in [6.45, 7) is 0.150. The first-order valence-electron chi connectivity index (χ1n) is 8.13. The quantitative estimate of drug-likeness (QED) is 0.750. The third-order valence-electron chi connectivity index (χ3n) is 3.81. The van der Waals surface area contributed by atoms with Crippen LogP contribution in [0, 0.1) is 11.3 Å². The number of anilines is 1. The molecule has 3 rings (SSSR count). The molecule has 1 aromatic heterocycles. The van der Waals surface area contributed by atoms with Gasteiger partial charge in [-0.2, -0.15) is 5.26 Å². The number of ether oxygens (including phenoxy) is 1. The Balaban J connectivity index is 1.50. The molecule has 0 atom stereocenters. The Morgan fingerprint density at radius 1 is 0.923 bits per heavy atom. The molecular weight excluding hydrogens is 326 g/mol. The van der Waals surface area contributed by atoms with Crippen LogP contribution in [0.3, 0.4) is 0 Å². The van der Waals surface area contributed by atoms with Gasteiger partial charge in [0.05, 0.1) is 11.6 Å². The van der Waals surface area contributed by atoms with Crippen molar-refractivity contribution in [2.45, 2.75) is 13.0 Å². The van der Waals surface area contributed by atoms with E-state index in [0.29, 0.717) is 11.3 Å². The van der Waals surface area contributed by atoms with Crippen molar-refractivity contribution in [1.82, 2.24) is 4.98 Å². The second-order valence-corrected chi connectivity index (χ2v) is 5.74. The maximum absolute atomic E-state index is 11.9. The monoisotopic (exact) mass is 343 g/mol. The Labute approximate surface area is 151 Å². The van der Waals surface area contributed by atoms with Crippen LogP contribution in [-0.2, 0) is 17.8 Å². The molecule has 5 nitrogen and oxygen atoms in total. The van der Waals surface area contributed by atoms with Crippen LogP contribution in [-0.4, -0.2) is 11.1 Å². The fraction of sp³-hybridized carbons (Fsp3) is 0.0952. The summed E-state index contributed by atoms with van der Waals surface area (Å²) in [7, 11) is 0. The summed E-state index contributed by atoms with van der Waals surface area (Å²) < 4.78 is 5.19. The van der Waals surface area contributed by atoms with Gasteiger partial charge in [0.25, 0.3) is 0 Å². The van der Waals surface area contributed by atoms with Crippen molar-refractivity contribution < 1.29 is 9.53 Å². The lowest BCUT2D eigenvalue weighted by atomic mass is 10.1. The first-order chi connectivity index (χ1) is 12.7. The van der Waals surface area contributed by atoms with E-state index in [2.05, 4.69) is 10.3 Å². The molecule has 0 saturated heterocycles. The Morgan fingerprint density at radius 2 is 1.54 bits per heavy atom. The van der Waals surface area contributed by atoms with Crippen LogP contribution >= 0.6 is 0 Å². The van der Waals surface area contributed by atoms with Gasteiger partial charge in [0.2, 0.25) is 0 Å². The standard InChI is InChI=1S/C21H17N3O2/c22-14-18-1-3-19(4-2-18)15-26-21(25)24-20-7-5-16(6-8-20)13-17-9-11-23-12-10-17/h1-12H,13,15H2,(H,24,25). The molecule has 0 saturated carbocycles. The number of carbonyl (C=O) groups excluding carboxylic acids is 1. The largest absolute Gasteiger partial charge is 0.444 e. The number of amides is 1. The molecule has 0 fully saturated rings. The lowest BCUT2D eigenvalue weighted by Crippen LogP contribution is -2.13. The lowest BCUT2D eigenvalue weighted by Gasteiger charge is -2.08. The molecule has 0 unspecified atom stereocenters. The van der Waals surface area contributed by atoms with Crippen molar-refractivity contribution in [2.24, 2.45) is 0 Å². The fourth-order valence-corrected chi connectivity index (χ4v) is 2.42. The van der Waals surface area contributed by atoms with E-state index in [1.807, 2.05) is 42.5 Å². The molecule has 0 bridgehead atoms. The van der Waals surface area contributed by atoms with Gasteiger partial charge >= 0.3 is 6.09 Å². The molecule has 2 aromatic carbocycles. The SMILES string of the molecule is N#Cc1ccc(COC(=O)Nc2ccc(Cc3ccncc3)cc2)cc1. The van der Waals surface area contributed by atoms with Gasteiger partial charge in [-0.15, -0.1) is 0 Å². The minimum absolute atomic E-state index is 0.150. The number of nitriles is 1. The highest BCUT2D eigenvalue weighted by Gasteiger charge is 2.04. The molecule has 0 aliphatic rings. The highest BCUT2D eigenvalue weighted by molar-refractivity contribution is 5.84. The first kappa shape index (κ1) is 17.2. The predicted molar refractivity (Wildman–Crippen MR) is 98.4 cm³/mol. The average molecular weight is 343 g/mol. The molecule has 0 aliphatic carbocycles. The van der Waals surface area contributed by atoms with Gasteiger partial charge in [0.15, 0.2) is 0 Å². The molecular formula is C21H17N3O2. The molecule has 3 aromatic rings. The smallest absolute Gasteiger partial charge is 0.411 e. The van der Waals surface area contributed by atoms with Crippen molar-refractivity contribution in [3.63, 3.8) is 0 Å². The number of hydrogen-bond donors (Lipinski definition) is 1. The minimum Gasteiger partial charge on any atom is -0.444 e. The van der Waals surface area contributed by atoms with Crippen LogP contribution in [0.4, 0.5) is 10.5 Å². The van der Waals surface area contributed by atoms with Gasteiger partial charge in [-0.3, -0.25) is 10.3 Å². The van der Waals surface area contributed by atoms with Crippen LogP contribution in [0.15, 0.2) is 73.1 Å². The summed E-state index contributed by atoms with van der Waals surface area (Å²) >= 11 is 0. The van der Waals surface area contributed by atoms with Gasteiger partial charge in [0, 0.05) is 18.1 Å². The molecule has 1 N–H and O–H groups in total. The van der Waals surface area contributed by atoms with E-state index in [-0.39, 0.29) is 6.61 Å². The molecule has 0 aliphatic heterocycles. The van der Waals surface area contributed by atoms with Crippen LogP contribution in [0.25, 0.3) is 0 Å². The highest BCUT2D eigenvalue weighted by atomic mass is 16.5. The minimum atomic E-state index is -0.517. The van der Waals surface area contributed by atoms with Crippen molar-refractivity contribution in [1.29, 1.82) is 5.26 Å². The average Bonchev–Trinajstić information content (AvgIpc) is 2.69. The van der Waals surface area contributed by atoms with Crippen LogP contribution < -0.4 is 5.32 Å². The normalized spacial score (nSPS) is 9.96. The maximum atomic E-state index is 11.9. The first-order valence-corrected chi connectivity index (χ1v) is 8.13. The van der Waals surface area contributed by atoms with Crippen molar-refractivity contribution in [3.05, 3.63) is 95.3 Å². The molecule has 128 valence electrons. The lowest BCUT2D eigenvalue weighted by molar-refractivity contribution is 0.155. The predicted octanol–water partition coefficient (Wildman–Crippen LogP) is 4.29. The molecule has 0 radical (unpaired) electrons. The fourth-order valence-electron chi connectivity index (χ4n) is 2.42. The number of benzene rings is 2. The van der Waals surface area contributed by atoms with Crippen molar-refractivity contribution in [2.75, 3.05) is 5.32 Å². The third-order valence-corrected chi connectivity index (χ3v) is 3.81. The Bertz CT molecular complexity index is 899.